The average Bonchev–Trinajstić information content (AvgIpc) is 2.48. The molecule has 0 N–H and O–H groups in total. The number of amides is 1. The van der Waals surface area contributed by atoms with E-state index in [0.29, 0.717) is 22.3 Å². The van der Waals surface area contributed by atoms with E-state index in [-0.39, 0.29) is 5.91 Å². The maximum atomic E-state index is 12.2. The summed E-state index contributed by atoms with van der Waals surface area (Å²) >= 11 is 13.6. The van der Waals surface area contributed by atoms with Crippen LogP contribution in [0.25, 0.3) is 0 Å². The third kappa shape index (κ3) is 4.67. The fourth-order valence-corrected chi connectivity index (χ4v) is 3.16. The van der Waals surface area contributed by atoms with Gasteiger partial charge in [0.2, 0.25) is 5.91 Å². The normalized spacial score (nSPS) is 10.4. The monoisotopic (exact) mass is 339 g/mol. The Labute approximate surface area is 139 Å². The van der Waals surface area contributed by atoms with Gasteiger partial charge in [0.25, 0.3) is 0 Å². The summed E-state index contributed by atoms with van der Waals surface area (Å²) in [6.07, 6.45) is 0. The van der Waals surface area contributed by atoms with E-state index in [9.17, 15) is 4.79 Å². The Bertz CT molecular complexity index is 633. The van der Waals surface area contributed by atoms with Gasteiger partial charge in [-0.15, -0.1) is 11.8 Å². The third-order valence-electron chi connectivity index (χ3n) is 2.98. The van der Waals surface area contributed by atoms with Crippen LogP contribution < -0.4 is 0 Å². The number of rotatable bonds is 5. The summed E-state index contributed by atoms with van der Waals surface area (Å²) < 4.78 is 0. The molecule has 2 aromatic carbocycles. The van der Waals surface area contributed by atoms with E-state index in [1.165, 1.54) is 11.8 Å². The minimum atomic E-state index is 0.0415. The number of nitrogens with zero attached hydrogens (tertiary/aromatic N) is 1. The number of benzene rings is 2. The van der Waals surface area contributed by atoms with Crippen molar-refractivity contribution < 1.29 is 4.79 Å². The SMILES string of the molecule is CN(Cc1ccccc1Cl)C(=O)CSc1ccccc1Cl. The van der Waals surface area contributed by atoms with Gasteiger partial charge in [-0.3, -0.25) is 4.79 Å². The van der Waals surface area contributed by atoms with Gasteiger partial charge in [-0.25, -0.2) is 0 Å². The van der Waals surface area contributed by atoms with Crippen LogP contribution >= 0.6 is 35.0 Å². The summed E-state index contributed by atoms with van der Waals surface area (Å²) in [6.45, 7) is 0.502. The fraction of sp³-hybridized carbons (Fsp3) is 0.188. The standard InChI is InChI=1S/C16H15Cl2NOS/c1-19(10-12-6-2-3-7-13(12)17)16(20)11-21-15-9-5-4-8-14(15)18/h2-9H,10-11H2,1H3. The van der Waals surface area contributed by atoms with Crippen molar-refractivity contribution in [3.8, 4) is 0 Å². The second kappa shape index (κ2) is 7.74. The highest BCUT2D eigenvalue weighted by atomic mass is 35.5. The summed E-state index contributed by atoms with van der Waals surface area (Å²) in [5, 5.41) is 1.35. The summed E-state index contributed by atoms with van der Waals surface area (Å²) in [4.78, 5) is 14.7. The molecule has 0 aliphatic carbocycles. The molecule has 2 nitrogen and oxygen atoms in total. The summed E-state index contributed by atoms with van der Waals surface area (Å²) in [6, 6.07) is 15.1. The zero-order valence-electron chi connectivity index (χ0n) is 11.6. The number of carbonyl (C=O) groups is 1. The van der Waals surface area contributed by atoms with E-state index < -0.39 is 0 Å². The molecule has 0 aliphatic rings. The smallest absolute Gasteiger partial charge is 0.232 e. The second-order valence-corrected chi connectivity index (χ2v) is 6.39. The van der Waals surface area contributed by atoms with Gasteiger partial charge >= 0.3 is 0 Å². The predicted octanol–water partition coefficient (Wildman–Crippen LogP) is 4.74. The Hall–Kier alpha value is -1.16. The van der Waals surface area contributed by atoms with Gasteiger partial charge in [-0.2, -0.15) is 0 Å². The third-order valence-corrected chi connectivity index (χ3v) is 4.85. The van der Waals surface area contributed by atoms with Gasteiger partial charge < -0.3 is 4.90 Å². The van der Waals surface area contributed by atoms with Crippen molar-refractivity contribution in [1.82, 2.24) is 4.90 Å². The van der Waals surface area contributed by atoms with Crippen LogP contribution in [0, 0.1) is 0 Å². The van der Waals surface area contributed by atoms with Crippen LogP contribution in [0.3, 0.4) is 0 Å². The average molecular weight is 340 g/mol. The molecule has 5 heteroatoms. The van der Waals surface area contributed by atoms with E-state index in [0.717, 1.165) is 10.5 Å². The maximum absolute atomic E-state index is 12.2. The lowest BCUT2D eigenvalue weighted by atomic mass is 10.2. The Balaban J connectivity index is 1.91. The molecule has 21 heavy (non-hydrogen) atoms. The van der Waals surface area contributed by atoms with E-state index in [1.54, 1.807) is 11.9 Å². The molecule has 0 atom stereocenters. The van der Waals surface area contributed by atoms with Crippen LogP contribution in [0.5, 0.6) is 0 Å². The molecule has 0 spiro atoms. The molecule has 0 unspecified atom stereocenters. The zero-order chi connectivity index (χ0) is 15.2. The Morgan fingerprint density at radius 1 is 1.05 bits per heavy atom. The molecule has 0 heterocycles. The molecular weight excluding hydrogens is 325 g/mol. The highest BCUT2D eigenvalue weighted by Gasteiger charge is 2.12. The number of hydrogen-bond donors (Lipinski definition) is 0. The van der Waals surface area contributed by atoms with Gasteiger partial charge in [0.15, 0.2) is 0 Å². The van der Waals surface area contributed by atoms with Crippen molar-refractivity contribution >= 4 is 40.9 Å². The van der Waals surface area contributed by atoms with Crippen LogP contribution in [0.1, 0.15) is 5.56 Å². The summed E-state index contributed by atoms with van der Waals surface area (Å²) in [7, 11) is 1.78. The molecule has 0 saturated carbocycles. The fourth-order valence-electron chi connectivity index (χ4n) is 1.78. The van der Waals surface area contributed by atoms with Gasteiger partial charge in [-0.05, 0) is 23.8 Å². The van der Waals surface area contributed by atoms with E-state index in [1.807, 2.05) is 48.5 Å². The predicted molar refractivity (Wildman–Crippen MR) is 90.1 cm³/mol. The van der Waals surface area contributed by atoms with Crippen LogP contribution in [-0.4, -0.2) is 23.6 Å². The number of thioether (sulfide) groups is 1. The first kappa shape index (κ1) is 16.2. The lowest BCUT2D eigenvalue weighted by molar-refractivity contribution is -0.127. The van der Waals surface area contributed by atoms with Crippen molar-refractivity contribution in [3.05, 3.63) is 64.1 Å². The zero-order valence-corrected chi connectivity index (χ0v) is 13.9. The Morgan fingerprint density at radius 3 is 2.33 bits per heavy atom. The van der Waals surface area contributed by atoms with Crippen molar-refractivity contribution in [2.75, 3.05) is 12.8 Å². The van der Waals surface area contributed by atoms with Crippen LogP contribution in [-0.2, 0) is 11.3 Å². The summed E-state index contributed by atoms with van der Waals surface area (Å²) in [5.74, 6) is 0.393. The first-order valence-electron chi connectivity index (χ1n) is 6.42. The molecule has 0 saturated heterocycles. The van der Waals surface area contributed by atoms with Gasteiger partial charge in [0.05, 0.1) is 10.8 Å². The second-order valence-electron chi connectivity index (χ2n) is 4.56. The Morgan fingerprint density at radius 2 is 1.67 bits per heavy atom. The molecule has 1 amide bonds. The van der Waals surface area contributed by atoms with Crippen LogP contribution in [0.15, 0.2) is 53.4 Å². The molecule has 0 radical (unpaired) electrons. The summed E-state index contributed by atoms with van der Waals surface area (Å²) in [5.41, 5.74) is 0.942. The number of hydrogen-bond acceptors (Lipinski definition) is 2. The molecule has 0 bridgehead atoms. The van der Waals surface area contributed by atoms with Gasteiger partial charge in [0, 0.05) is 23.5 Å². The largest absolute Gasteiger partial charge is 0.341 e. The maximum Gasteiger partial charge on any atom is 0.232 e. The highest BCUT2D eigenvalue weighted by Crippen LogP contribution is 2.26. The van der Waals surface area contributed by atoms with E-state index in [2.05, 4.69) is 0 Å². The highest BCUT2D eigenvalue weighted by molar-refractivity contribution is 8.00. The first-order chi connectivity index (χ1) is 10.1. The molecule has 0 fully saturated rings. The molecule has 2 aromatic rings. The van der Waals surface area contributed by atoms with Gasteiger partial charge in [0.1, 0.15) is 0 Å². The number of halogens is 2. The topological polar surface area (TPSA) is 20.3 Å². The minimum absolute atomic E-state index is 0.0415. The molecular formula is C16H15Cl2NOS. The van der Waals surface area contributed by atoms with Gasteiger partial charge in [-0.1, -0.05) is 53.5 Å². The lowest BCUT2D eigenvalue weighted by Crippen LogP contribution is -2.27. The molecule has 0 aliphatic heterocycles. The first-order valence-corrected chi connectivity index (χ1v) is 8.17. The quantitative estimate of drug-likeness (QED) is 0.733. The molecule has 2 rings (SSSR count). The lowest BCUT2D eigenvalue weighted by Gasteiger charge is -2.18. The van der Waals surface area contributed by atoms with Crippen molar-refractivity contribution in [2.45, 2.75) is 11.4 Å². The minimum Gasteiger partial charge on any atom is -0.341 e. The number of carbonyl (C=O) groups excluding carboxylic acids is 1. The van der Waals surface area contributed by atoms with Crippen molar-refractivity contribution in [1.29, 1.82) is 0 Å². The van der Waals surface area contributed by atoms with Crippen molar-refractivity contribution in [3.63, 3.8) is 0 Å². The van der Waals surface area contributed by atoms with Crippen LogP contribution in [0.2, 0.25) is 10.0 Å². The van der Waals surface area contributed by atoms with Crippen molar-refractivity contribution in [2.24, 2.45) is 0 Å². The molecule has 110 valence electrons. The van der Waals surface area contributed by atoms with E-state index in [4.69, 9.17) is 23.2 Å². The van der Waals surface area contributed by atoms with Crippen LogP contribution in [0.4, 0.5) is 0 Å². The molecule has 0 aromatic heterocycles. The van der Waals surface area contributed by atoms with E-state index >= 15 is 0 Å². The Kier molecular flexibility index (Phi) is 5.97.